The summed E-state index contributed by atoms with van der Waals surface area (Å²) >= 11 is 0. The van der Waals surface area contributed by atoms with Gasteiger partial charge in [-0.3, -0.25) is 0 Å². The summed E-state index contributed by atoms with van der Waals surface area (Å²) < 4.78 is 4.91. The van der Waals surface area contributed by atoms with Gasteiger partial charge in [-0.25, -0.2) is 9.78 Å². The SMILES string of the molecule is COCC(CO)NCc1cccc(C(=O)O)n1. The Morgan fingerprint density at radius 1 is 1.59 bits per heavy atom. The molecule has 0 spiro atoms. The highest BCUT2D eigenvalue weighted by molar-refractivity contribution is 5.85. The van der Waals surface area contributed by atoms with Gasteiger partial charge in [-0.05, 0) is 12.1 Å². The average Bonchev–Trinajstić information content (AvgIpc) is 2.34. The zero-order valence-corrected chi connectivity index (χ0v) is 9.59. The van der Waals surface area contributed by atoms with Crippen LogP contribution in [0.1, 0.15) is 16.2 Å². The molecule has 0 fully saturated rings. The maximum absolute atomic E-state index is 10.7. The number of aliphatic hydroxyl groups is 1. The number of aliphatic hydroxyl groups excluding tert-OH is 1. The molecular formula is C11H16N2O4. The van der Waals surface area contributed by atoms with Gasteiger partial charge in [0.15, 0.2) is 0 Å². The van der Waals surface area contributed by atoms with Gasteiger partial charge in [-0.15, -0.1) is 0 Å². The van der Waals surface area contributed by atoms with Crippen LogP contribution in [0.2, 0.25) is 0 Å². The molecule has 0 aliphatic rings. The molecule has 1 heterocycles. The Kier molecular flexibility index (Phi) is 5.55. The second-order valence-electron chi connectivity index (χ2n) is 3.54. The molecule has 0 aliphatic carbocycles. The summed E-state index contributed by atoms with van der Waals surface area (Å²) in [6.07, 6.45) is 0. The molecule has 0 aromatic carbocycles. The molecule has 0 amide bonds. The van der Waals surface area contributed by atoms with E-state index in [4.69, 9.17) is 14.9 Å². The molecule has 0 saturated heterocycles. The lowest BCUT2D eigenvalue weighted by Gasteiger charge is -2.14. The normalized spacial score (nSPS) is 12.4. The van der Waals surface area contributed by atoms with Gasteiger partial charge in [0, 0.05) is 13.7 Å². The van der Waals surface area contributed by atoms with Crippen LogP contribution in [0, 0.1) is 0 Å². The lowest BCUT2D eigenvalue weighted by atomic mass is 10.2. The molecule has 1 aromatic heterocycles. The first-order chi connectivity index (χ1) is 8.17. The van der Waals surface area contributed by atoms with E-state index >= 15 is 0 Å². The van der Waals surface area contributed by atoms with E-state index in [1.165, 1.54) is 6.07 Å². The minimum atomic E-state index is -1.05. The van der Waals surface area contributed by atoms with Crippen LogP contribution in [-0.2, 0) is 11.3 Å². The number of pyridine rings is 1. The van der Waals surface area contributed by atoms with Crippen molar-refractivity contribution in [2.24, 2.45) is 0 Å². The summed E-state index contributed by atoms with van der Waals surface area (Å²) in [5.41, 5.74) is 0.621. The van der Waals surface area contributed by atoms with Crippen LogP contribution < -0.4 is 5.32 Å². The van der Waals surface area contributed by atoms with E-state index < -0.39 is 5.97 Å². The summed E-state index contributed by atoms with van der Waals surface area (Å²) in [6.45, 7) is 0.720. The molecule has 1 aromatic rings. The van der Waals surface area contributed by atoms with Gasteiger partial charge in [0.2, 0.25) is 0 Å². The van der Waals surface area contributed by atoms with Crippen LogP contribution in [0.15, 0.2) is 18.2 Å². The Balaban J connectivity index is 2.56. The zero-order chi connectivity index (χ0) is 12.7. The van der Waals surface area contributed by atoms with Crippen LogP contribution in [-0.4, -0.2) is 47.5 Å². The molecular weight excluding hydrogens is 224 g/mol. The largest absolute Gasteiger partial charge is 0.477 e. The zero-order valence-electron chi connectivity index (χ0n) is 9.59. The van der Waals surface area contributed by atoms with E-state index in [0.29, 0.717) is 18.8 Å². The highest BCUT2D eigenvalue weighted by Crippen LogP contribution is 2.00. The fourth-order valence-electron chi connectivity index (χ4n) is 1.32. The number of aromatic nitrogens is 1. The molecule has 6 nitrogen and oxygen atoms in total. The number of methoxy groups -OCH3 is 1. The lowest BCUT2D eigenvalue weighted by Crippen LogP contribution is -2.36. The minimum absolute atomic E-state index is 0.0107. The van der Waals surface area contributed by atoms with Gasteiger partial charge in [-0.2, -0.15) is 0 Å². The molecule has 0 saturated carbocycles. The standard InChI is InChI=1S/C11H16N2O4/c1-17-7-9(6-14)12-5-8-3-2-4-10(13-8)11(15)16/h2-4,9,12,14H,5-7H2,1H3,(H,15,16). The van der Waals surface area contributed by atoms with Gasteiger partial charge in [-0.1, -0.05) is 6.07 Å². The number of carboxylic acid groups (broad SMARTS) is 1. The van der Waals surface area contributed by atoms with Crippen molar-refractivity contribution in [1.29, 1.82) is 0 Å². The molecule has 0 bridgehead atoms. The number of nitrogens with zero attached hydrogens (tertiary/aromatic N) is 1. The molecule has 1 rings (SSSR count). The highest BCUT2D eigenvalue weighted by Gasteiger charge is 2.08. The molecule has 0 aliphatic heterocycles. The molecule has 1 atom stereocenters. The van der Waals surface area contributed by atoms with E-state index in [0.717, 1.165) is 0 Å². The number of carbonyl (C=O) groups is 1. The summed E-state index contributed by atoms with van der Waals surface area (Å²) in [4.78, 5) is 14.7. The minimum Gasteiger partial charge on any atom is -0.477 e. The summed E-state index contributed by atoms with van der Waals surface area (Å²) in [7, 11) is 1.55. The van der Waals surface area contributed by atoms with Gasteiger partial charge in [0.1, 0.15) is 5.69 Å². The molecule has 0 radical (unpaired) electrons. The first-order valence-electron chi connectivity index (χ1n) is 5.19. The predicted molar refractivity (Wildman–Crippen MR) is 60.8 cm³/mol. The van der Waals surface area contributed by atoms with Crippen LogP contribution in [0.3, 0.4) is 0 Å². The number of carboxylic acids is 1. The molecule has 1 unspecified atom stereocenters. The second kappa shape index (κ2) is 6.95. The monoisotopic (exact) mass is 240 g/mol. The lowest BCUT2D eigenvalue weighted by molar-refractivity contribution is 0.0690. The summed E-state index contributed by atoms with van der Waals surface area (Å²) in [5.74, 6) is -1.05. The Morgan fingerprint density at radius 3 is 2.94 bits per heavy atom. The Labute approximate surface area is 99.3 Å². The number of hydrogen-bond acceptors (Lipinski definition) is 5. The average molecular weight is 240 g/mol. The van der Waals surface area contributed by atoms with Gasteiger partial charge in [0.05, 0.1) is 24.9 Å². The Morgan fingerprint density at radius 2 is 2.35 bits per heavy atom. The van der Waals surface area contributed by atoms with Crippen LogP contribution in [0.4, 0.5) is 0 Å². The van der Waals surface area contributed by atoms with Gasteiger partial charge >= 0.3 is 5.97 Å². The smallest absolute Gasteiger partial charge is 0.354 e. The van der Waals surface area contributed by atoms with Gasteiger partial charge < -0.3 is 20.3 Å². The van der Waals surface area contributed by atoms with Crippen molar-refractivity contribution in [3.63, 3.8) is 0 Å². The van der Waals surface area contributed by atoms with Crippen molar-refractivity contribution in [3.8, 4) is 0 Å². The van der Waals surface area contributed by atoms with Crippen LogP contribution in [0.25, 0.3) is 0 Å². The summed E-state index contributed by atoms with van der Waals surface area (Å²) in [6, 6.07) is 4.61. The molecule has 17 heavy (non-hydrogen) atoms. The Hall–Kier alpha value is -1.50. The van der Waals surface area contributed by atoms with Crippen molar-refractivity contribution in [2.75, 3.05) is 20.3 Å². The first-order valence-corrected chi connectivity index (χ1v) is 5.19. The number of hydrogen-bond donors (Lipinski definition) is 3. The second-order valence-corrected chi connectivity index (χ2v) is 3.54. The van der Waals surface area contributed by atoms with Crippen molar-refractivity contribution < 1.29 is 19.7 Å². The third kappa shape index (κ3) is 4.48. The van der Waals surface area contributed by atoms with Crippen LogP contribution >= 0.6 is 0 Å². The van der Waals surface area contributed by atoms with Crippen molar-refractivity contribution in [1.82, 2.24) is 10.3 Å². The van der Waals surface area contributed by atoms with Crippen molar-refractivity contribution in [3.05, 3.63) is 29.6 Å². The third-order valence-corrected chi connectivity index (χ3v) is 2.19. The van der Waals surface area contributed by atoms with Crippen LogP contribution in [0.5, 0.6) is 0 Å². The number of ether oxygens (including phenoxy) is 1. The predicted octanol–water partition coefficient (Wildman–Crippen LogP) is -0.123. The number of nitrogens with one attached hydrogen (secondary N) is 1. The van der Waals surface area contributed by atoms with E-state index in [1.54, 1.807) is 19.2 Å². The molecule has 3 N–H and O–H groups in total. The van der Waals surface area contributed by atoms with Crippen molar-refractivity contribution >= 4 is 5.97 Å². The fourth-order valence-corrected chi connectivity index (χ4v) is 1.32. The number of rotatable bonds is 7. The first kappa shape index (κ1) is 13.6. The maximum atomic E-state index is 10.7. The highest BCUT2D eigenvalue weighted by atomic mass is 16.5. The van der Waals surface area contributed by atoms with Gasteiger partial charge in [0.25, 0.3) is 0 Å². The molecule has 6 heteroatoms. The van der Waals surface area contributed by atoms with E-state index in [9.17, 15) is 4.79 Å². The number of aromatic carboxylic acids is 1. The van der Waals surface area contributed by atoms with Crippen molar-refractivity contribution in [2.45, 2.75) is 12.6 Å². The quantitative estimate of drug-likeness (QED) is 0.615. The van der Waals surface area contributed by atoms with E-state index in [1.807, 2.05) is 0 Å². The maximum Gasteiger partial charge on any atom is 0.354 e. The van der Waals surface area contributed by atoms with E-state index in [2.05, 4.69) is 10.3 Å². The van der Waals surface area contributed by atoms with E-state index in [-0.39, 0.29) is 18.3 Å². The fraction of sp³-hybridized carbons (Fsp3) is 0.455. The molecule has 94 valence electrons. The third-order valence-electron chi connectivity index (χ3n) is 2.19. The topological polar surface area (TPSA) is 91.7 Å². The summed E-state index contributed by atoms with van der Waals surface area (Å²) in [5, 5.41) is 20.8. The Bertz CT molecular complexity index is 370.